The summed E-state index contributed by atoms with van der Waals surface area (Å²) >= 11 is 0. The molecule has 4 heteroatoms. The van der Waals surface area contributed by atoms with Gasteiger partial charge in [0.25, 0.3) is 0 Å². The molecule has 4 fully saturated rings. The Morgan fingerprint density at radius 3 is 2.50 bits per heavy atom. The Balaban J connectivity index is 1.95. The molecule has 4 aliphatic rings. The fourth-order valence-electron chi connectivity index (χ4n) is 4.39. The van der Waals surface area contributed by atoms with Crippen LogP contribution in [0.5, 0.6) is 0 Å². The number of carbonyl (C=O) groups excluding carboxylic acids is 1. The van der Waals surface area contributed by atoms with E-state index in [-0.39, 0.29) is 11.4 Å². The number of hydrogen-bond donors (Lipinski definition) is 1. The number of methoxy groups -OCH3 is 1. The van der Waals surface area contributed by atoms with E-state index < -0.39 is 0 Å². The van der Waals surface area contributed by atoms with Gasteiger partial charge in [-0.1, -0.05) is 5.16 Å². The van der Waals surface area contributed by atoms with Crippen molar-refractivity contribution in [3.05, 3.63) is 0 Å². The minimum absolute atomic E-state index is 0.0520. The maximum atomic E-state index is 11.9. The monoisotopic (exact) mass is 223 g/mol. The second kappa shape index (κ2) is 3.22. The van der Waals surface area contributed by atoms with Crippen molar-refractivity contribution in [2.24, 2.45) is 28.3 Å². The Morgan fingerprint density at radius 2 is 2.00 bits per heavy atom. The van der Waals surface area contributed by atoms with Gasteiger partial charge in [-0.15, -0.1) is 0 Å². The summed E-state index contributed by atoms with van der Waals surface area (Å²) in [5, 5.41) is 12.5. The van der Waals surface area contributed by atoms with Crippen molar-refractivity contribution < 1.29 is 14.7 Å². The third kappa shape index (κ3) is 1.16. The van der Waals surface area contributed by atoms with Gasteiger partial charge in [0.1, 0.15) is 0 Å². The van der Waals surface area contributed by atoms with E-state index in [4.69, 9.17) is 9.94 Å². The van der Waals surface area contributed by atoms with Gasteiger partial charge in [-0.25, -0.2) is 0 Å². The summed E-state index contributed by atoms with van der Waals surface area (Å²) in [5.74, 6) is 1.21. The predicted molar refractivity (Wildman–Crippen MR) is 57.2 cm³/mol. The Bertz CT molecular complexity index is 345. The number of esters is 1. The zero-order chi connectivity index (χ0) is 11.3. The van der Waals surface area contributed by atoms with Gasteiger partial charge >= 0.3 is 5.97 Å². The van der Waals surface area contributed by atoms with Crippen LogP contribution in [0.15, 0.2) is 5.16 Å². The summed E-state index contributed by atoms with van der Waals surface area (Å²) in [6.07, 6.45) is 4.81. The minimum atomic E-state index is -0.264. The Morgan fingerprint density at radius 1 is 1.38 bits per heavy atom. The standard InChI is InChI=1S/C12H17NO3/c1-16-11(14)12-4-7-2-8(5-12)10(13-15)9(3-7)6-12/h7-9,15H,2-6H2,1H3. The van der Waals surface area contributed by atoms with Crippen molar-refractivity contribution in [1.82, 2.24) is 0 Å². The number of carbonyl (C=O) groups is 1. The molecular formula is C12H17NO3. The lowest BCUT2D eigenvalue weighted by atomic mass is 9.49. The van der Waals surface area contributed by atoms with Crippen molar-refractivity contribution in [2.45, 2.75) is 32.1 Å². The topological polar surface area (TPSA) is 58.9 Å². The molecule has 0 aliphatic heterocycles. The van der Waals surface area contributed by atoms with E-state index in [0.29, 0.717) is 17.8 Å². The van der Waals surface area contributed by atoms with Gasteiger partial charge in [-0.3, -0.25) is 4.79 Å². The lowest BCUT2D eigenvalue weighted by Gasteiger charge is -2.54. The molecule has 1 N–H and O–H groups in total. The average Bonchev–Trinajstić information content (AvgIpc) is 2.27. The van der Waals surface area contributed by atoms with E-state index in [1.54, 1.807) is 0 Å². The zero-order valence-electron chi connectivity index (χ0n) is 9.48. The van der Waals surface area contributed by atoms with Gasteiger partial charge in [0.2, 0.25) is 0 Å². The predicted octanol–water partition coefficient (Wildman–Crippen LogP) is 1.82. The third-order valence-electron chi connectivity index (χ3n) is 4.76. The minimum Gasteiger partial charge on any atom is -0.469 e. The molecule has 0 heterocycles. The van der Waals surface area contributed by atoms with E-state index in [0.717, 1.165) is 37.8 Å². The van der Waals surface area contributed by atoms with E-state index >= 15 is 0 Å². The van der Waals surface area contributed by atoms with Crippen LogP contribution in [0.1, 0.15) is 32.1 Å². The first-order valence-corrected chi connectivity index (χ1v) is 5.99. The molecule has 88 valence electrons. The molecular weight excluding hydrogens is 206 g/mol. The van der Waals surface area contributed by atoms with Crippen LogP contribution in [-0.2, 0) is 9.53 Å². The summed E-state index contributed by atoms with van der Waals surface area (Å²) in [6, 6.07) is 0. The van der Waals surface area contributed by atoms with Crippen LogP contribution in [0.25, 0.3) is 0 Å². The Hall–Kier alpha value is -1.06. The van der Waals surface area contributed by atoms with Crippen molar-refractivity contribution in [1.29, 1.82) is 0 Å². The van der Waals surface area contributed by atoms with Crippen molar-refractivity contribution >= 4 is 11.7 Å². The maximum absolute atomic E-state index is 11.9. The molecule has 0 amide bonds. The normalized spacial score (nSPS) is 44.6. The molecule has 0 saturated heterocycles. The molecule has 4 rings (SSSR count). The number of hydrogen-bond acceptors (Lipinski definition) is 4. The molecule has 4 nitrogen and oxygen atoms in total. The van der Waals surface area contributed by atoms with Gasteiger partial charge in [0.05, 0.1) is 18.2 Å². The van der Waals surface area contributed by atoms with Gasteiger partial charge in [0.15, 0.2) is 0 Å². The largest absolute Gasteiger partial charge is 0.469 e. The van der Waals surface area contributed by atoms with E-state index in [2.05, 4.69) is 5.16 Å². The van der Waals surface area contributed by atoms with Gasteiger partial charge in [-0.05, 0) is 38.0 Å². The summed E-state index contributed by atoms with van der Waals surface area (Å²) in [6.45, 7) is 0. The molecule has 0 spiro atoms. The molecule has 2 unspecified atom stereocenters. The smallest absolute Gasteiger partial charge is 0.311 e. The van der Waals surface area contributed by atoms with Crippen LogP contribution in [0.2, 0.25) is 0 Å². The van der Waals surface area contributed by atoms with Crippen LogP contribution in [-0.4, -0.2) is 24.0 Å². The van der Waals surface area contributed by atoms with Gasteiger partial charge in [-0.2, -0.15) is 0 Å². The second-order valence-corrected chi connectivity index (χ2v) is 5.64. The fourth-order valence-corrected chi connectivity index (χ4v) is 4.39. The quantitative estimate of drug-likeness (QED) is 0.419. The summed E-state index contributed by atoms with van der Waals surface area (Å²) in [4.78, 5) is 11.9. The highest BCUT2D eigenvalue weighted by molar-refractivity contribution is 5.93. The molecule has 4 saturated carbocycles. The van der Waals surface area contributed by atoms with Crippen LogP contribution >= 0.6 is 0 Å². The van der Waals surface area contributed by atoms with Crippen molar-refractivity contribution in [3.8, 4) is 0 Å². The Kier molecular flexibility index (Phi) is 2.03. The fraction of sp³-hybridized carbons (Fsp3) is 0.833. The average molecular weight is 223 g/mol. The maximum Gasteiger partial charge on any atom is 0.311 e. The van der Waals surface area contributed by atoms with Gasteiger partial charge < -0.3 is 9.94 Å². The molecule has 0 radical (unpaired) electrons. The molecule has 0 aromatic carbocycles. The molecule has 2 atom stereocenters. The first kappa shape index (κ1) is 10.1. The molecule has 0 aromatic rings. The van der Waals surface area contributed by atoms with E-state index in [1.165, 1.54) is 7.11 Å². The van der Waals surface area contributed by atoms with Crippen molar-refractivity contribution in [2.75, 3.05) is 7.11 Å². The lowest BCUT2D eigenvalue weighted by Crippen LogP contribution is -2.54. The summed E-state index contributed by atoms with van der Waals surface area (Å²) in [5.41, 5.74) is 0.676. The highest BCUT2D eigenvalue weighted by Gasteiger charge is 2.58. The summed E-state index contributed by atoms with van der Waals surface area (Å²) in [7, 11) is 1.47. The third-order valence-corrected chi connectivity index (χ3v) is 4.76. The molecule has 0 aromatic heterocycles. The van der Waals surface area contributed by atoms with Crippen LogP contribution in [0.4, 0.5) is 0 Å². The van der Waals surface area contributed by atoms with E-state index in [9.17, 15) is 4.79 Å². The highest BCUT2D eigenvalue weighted by Crippen LogP contribution is 2.59. The Labute approximate surface area is 94.7 Å². The second-order valence-electron chi connectivity index (χ2n) is 5.64. The SMILES string of the molecule is COC(=O)C12CC3CC(C1)C(=NO)C(C3)C2. The lowest BCUT2D eigenvalue weighted by molar-refractivity contribution is -0.162. The first-order valence-electron chi connectivity index (χ1n) is 5.99. The number of ether oxygens (including phenoxy) is 1. The molecule has 4 bridgehead atoms. The summed E-state index contributed by atoms with van der Waals surface area (Å²) < 4.78 is 4.96. The van der Waals surface area contributed by atoms with Crippen LogP contribution in [0.3, 0.4) is 0 Å². The molecule has 4 aliphatic carbocycles. The van der Waals surface area contributed by atoms with Crippen LogP contribution < -0.4 is 0 Å². The zero-order valence-corrected chi connectivity index (χ0v) is 9.48. The van der Waals surface area contributed by atoms with Gasteiger partial charge in [0, 0.05) is 11.8 Å². The van der Waals surface area contributed by atoms with Crippen LogP contribution in [0, 0.1) is 23.2 Å². The number of oxime groups is 1. The first-order chi connectivity index (χ1) is 7.68. The van der Waals surface area contributed by atoms with E-state index in [1.807, 2.05) is 0 Å². The van der Waals surface area contributed by atoms with Crippen molar-refractivity contribution in [3.63, 3.8) is 0 Å². The number of rotatable bonds is 1. The number of nitrogens with zero attached hydrogens (tertiary/aromatic N) is 1. The molecule has 16 heavy (non-hydrogen) atoms. The highest BCUT2D eigenvalue weighted by atomic mass is 16.5.